The molecule has 0 bridgehead atoms. The minimum Gasteiger partial charge on any atom is -0.345 e. The fraction of sp³-hybridized carbons (Fsp3) is 0.273. The third kappa shape index (κ3) is 9.38. The summed E-state index contributed by atoms with van der Waals surface area (Å²) in [7, 11) is 0. The first-order valence-corrected chi connectivity index (χ1v) is 12.1. The molecule has 0 saturated heterocycles. The third-order valence-electron chi connectivity index (χ3n) is 4.77. The van der Waals surface area contributed by atoms with E-state index < -0.39 is 77.4 Å². The highest BCUT2D eigenvalue weighted by molar-refractivity contribution is 9.11. The number of hydrogen-bond donors (Lipinski definition) is 2. The van der Waals surface area contributed by atoms with E-state index in [0.717, 1.165) is 12.1 Å². The van der Waals surface area contributed by atoms with Gasteiger partial charge in [-0.15, -0.1) is 0 Å². The van der Waals surface area contributed by atoms with Crippen LogP contribution in [0.25, 0.3) is 5.83 Å². The standard InChI is InChI=1S/C22H13Br2ClF10N2O2/c23-14-4-10(5-15(24)18(14)25)12(21(30,31)32)6-16(26)9-1-2-11(13(3-9)22(33,34)35)19(39)36-7-17(38)37-8-20(27,28)29/h1-6,12H,7-8H2,(H,36,39)(H,37,38)/b16-6-. The lowest BCUT2D eigenvalue weighted by molar-refractivity contribution is -0.140. The molecule has 1 atom stereocenters. The second-order valence-corrected chi connectivity index (χ2v) is 9.75. The van der Waals surface area contributed by atoms with Crippen molar-refractivity contribution in [1.82, 2.24) is 10.6 Å². The van der Waals surface area contributed by atoms with Crippen LogP contribution in [0.15, 0.2) is 45.4 Å². The number of rotatable bonds is 7. The van der Waals surface area contributed by atoms with Crippen LogP contribution in [-0.4, -0.2) is 37.3 Å². The van der Waals surface area contributed by atoms with Crippen LogP contribution in [0.5, 0.6) is 0 Å². The van der Waals surface area contributed by atoms with Crippen molar-refractivity contribution in [3.63, 3.8) is 0 Å². The zero-order chi connectivity index (χ0) is 29.9. The average molecular weight is 723 g/mol. The van der Waals surface area contributed by atoms with Gasteiger partial charge < -0.3 is 10.6 Å². The van der Waals surface area contributed by atoms with Gasteiger partial charge in [0.05, 0.1) is 22.7 Å². The summed E-state index contributed by atoms with van der Waals surface area (Å²) < 4.78 is 133. The number of amides is 2. The molecule has 0 heterocycles. The number of carbonyl (C=O) groups is 2. The Labute approximate surface area is 235 Å². The number of carbonyl (C=O) groups excluding carboxylic acids is 2. The SMILES string of the molecule is O=C(CNC(=O)c1ccc(/C(F)=C/C(c2cc(Br)c(Cl)c(Br)c2)C(F)(F)F)cc1C(F)(F)F)NCC(F)(F)F. The summed E-state index contributed by atoms with van der Waals surface area (Å²) in [4.78, 5) is 23.6. The molecular weight excluding hydrogens is 709 g/mol. The van der Waals surface area contributed by atoms with Crippen molar-refractivity contribution in [2.75, 3.05) is 13.1 Å². The maximum atomic E-state index is 14.9. The van der Waals surface area contributed by atoms with Gasteiger partial charge in [-0.2, -0.15) is 39.5 Å². The summed E-state index contributed by atoms with van der Waals surface area (Å²) in [5.74, 6) is -7.23. The van der Waals surface area contributed by atoms with E-state index in [0.29, 0.717) is 12.1 Å². The van der Waals surface area contributed by atoms with Gasteiger partial charge in [0.1, 0.15) is 18.3 Å². The van der Waals surface area contributed by atoms with Crippen LogP contribution in [0.1, 0.15) is 33.0 Å². The van der Waals surface area contributed by atoms with Crippen LogP contribution in [-0.2, 0) is 11.0 Å². The van der Waals surface area contributed by atoms with Gasteiger partial charge in [0.2, 0.25) is 5.91 Å². The molecule has 0 aliphatic heterocycles. The topological polar surface area (TPSA) is 58.2 Å². The smallest absolute Gasteiger partial charge is 0.345 e. The Morgan fingerprint density at radius 3 is 1.97 bits per heavy atom. The Kier molecular flexibility index (Phi) is 10.5. The van der Waals surface area contributed by atoms with Crippen molar-refractivity contribution in [3.8, 4) is 0 Å². The molecule has 214 valence electrons. The second-order valence-electron chi connectivity index (χ2n) is 7.67. The largest absolute Gasteiger partial charge is 0.417 e. The molecule has 2 rings (SSSR count). The fourth-order valence-electron chi connectivity index (χ4n) is 3.02. The van der Waals surface area contributed by atoms with Crippen molar-refractivity contribution in [1.29, 1.82) is 0 Å². The van der Waals surface area contributed by atoms with Crippen LogP contribution in [0.3, 0.4) is 0 Å². The lowest BCUT2D eigenvalue weighted by atomic mass is 9.95. The maximum absolute atomic E-state index is 14.9. The molecule has 0 aliphatic rings. The fourth-order valence-corrected chi connectivity index (χ4v) is 4.35. The van der Waals surface area contributed by atoms with E-state index in [1.54, 1.807) is 5.32 Å². The van der Waals surface area contributed by atoms with Crippen LogP contribution in [0.4, 0.5) is 43.9 Å². The highest BCUT2D eigenvalue weighted by Crippen LogP contribution is 2.43. The molecule has 0 aliphatic carbocycles. The first-order chi connectivity index (χ1) is 17.7. The monoisotopic (exact) mass is 720 g/mol. The van der Waals surface area contributed by atoms with Crippen LogP contribution < -0.4 is 10.6 Å². The molecule has 39 heavy (non-hydrogen) atoms. The van der Waals surface area contributed by atoms with Gasteiger partial charge in [-0.05, 0) is 67.8 Å². The van der Waals surface area contributed by atoms with Gasteiger partial charge >= 0.3 is 18.5 Å². The number of nitrogens with one attached hydrogen (secondary N) is 2. The van der Waals surface area contributed by atoms with E-state index >= 15 is 0 Å². The summed E-state index contributed by atoms with van der Waals surface area (Å²) in [5.41, 5.74) is -4.38. The van der Waals surface area contributed by atoms with E-state index in [1.165, 1.54) is 5.32 Å². The van der Waals surface area contributed by atoms with E-state index in [2.05, 4.69) is 31.9 Å². The molecule has 1 unspecified atom stereocenters. The van der Waals surface area contributed by atoms with Crippen LogP contribution >= 0.6 is 43.5 Å². The molecule has 0 aromatic heterocycles. The number of benzene rings is 2. The lowest BCUT2D eigenvalue weighted by Crippen LogP contribution is -2.41. The average Bonchev–Trinajstić information content (AvgIpc) is 2.80. The van der Waals surface area contributed by atoms with Gasteiger partial charge in [0, 0.05) is 14.5 Å². The normalized spacial score (nSPS) is 13.7. The van der Waals surface area contributed by atoms with E-state index in [9.17, 15) is 53.5 Å². The van der Waals surface area contributed by atoms with E-state index in [1.807, 2.05) is 0 Å². The highest BCUT2D eigenvalue weighted by atomic mass is 79.9. The van der Waals surface area contributed by atoms with Crippen molar-refractivity contribution < 1.29 is 53.5 Å². The number of hydrogen-bond acceptors (Lipinski definition) is 2. The van der Waals surface area contributed by atoms with Crippen molar-refractivity contribution >= 4 is 61.1 Å². The zero-order valence-corrected chi connectivity index (χ0v) is 22.6. The Morgan fingerprint density at radius 2 is 1.49 bits per heavy atom. The molecule has 0 spiro atoms. The molecule has 0 radical (unpaired) electrons. The second kappa shape index (κ2) is 12.5. The van der Waals surface area contributed by atoms with Crippen LogP contribution in [0, 0.1) is 0 Å². The third-order valence-corrected chi connectivity index (χ3v) is 6.89. The zero-order valence-electron chi connectivity index (χ0n) is 18.7. The minimum absolute atomic E-state index is 0.0191. The summed E-state index contributed by atoms with van der Waals surface area (Å²) >= 11 is 11.8. The van der Waals surface area contributed by atoms with Gasteiger partial charge in [0.15, 0.2) is 0 Å². The number of alkyl halides is 9. The van der Waals surface area contributed by atoms with Gasteiger partial charge in [-0.1, -0.05) is 17.7 Å². The Hall–Kier alpha value is -2.33. The molecule has 0 saturated carbocycles. The Bertz CT molecular complexity index is 1250. The molecular formula is C22H13Br2ClF10N2O2. The predicted octanol–water partition coefficient (Wildman–Crippen LogP) is 7.95. The summed E-state index contributed by atoms with van der Waals surface area (Å²) in [5, 5.41) is 3.10. The highest BCUT2D eigenvalue weighted by Gasteiger charge is 2.41. The first kappa shape index (κ1) is 32.9. The Morgan fingerprint density at radius 1 is 0.923 bits per heavy atom. The maximum Gasteiger partial charge on any atom is 0.417 e. The minimum atomic E-state index is -5.31. The van der Waals surface area contributed by atoms with Gasteiger partial charge in [0.25, 0.3) is 5.91 Å². The van der Waals surface area contributed by atoms with Crippen LogP contribution in [0.2, 0.25) is 5.02 Å². The first-order valence-electron chi connectivity index (χ1n) is 10.1. The molecule has 0 fully saturated rings. The van der Waals surface area contributed by atoms with Crippen molar-refractivity contribution in [2.24, 2.45) is 0 Å². The molecule has 17 heteroatoms. The summed E-state index contributed by atoms with van der Waals surface area (Å²) in [6, 6.07) is 3.04. The molecule has 4 nitrogen and oxygen atoms in total. The molecule has 2 amide bonds. The van der Waals surface area contributed by atoms with Crippen molar-refractivity contribution in [2.45, 2.75) is 24.4 Å². The number of allylic oxidation sites excluding steroid dienone is 1. The quantitative estimate of drug-likeness (QED) is 0.225. The summed E-state index contributed by atoms with van der Waals surface area (Å²) in [6.45, 7) is -2.87. The molecule has 2 N–H and O–H groups in total. The van der Waals surface area contributed by atoms with Crippen molar-refractivity contribution in [3.05, 3.63) is 72.6 Å². The Balaban J connectivity index is 2.41. The van der Waals surface area contributed by atoms with Gasteiger partial charge in [-0.3, -0.25) is 9.59 Å². The molecule has 2 aromatic rings. The number of halogens is 13. The van der Waals surface area contributed by atoms with E-state index in [4.69, 9.17) is 11.6 Å². The van der Waals surface area contributed by atoms with E-state index in [-0.39, 0.29) is 26.1 Å². The predicted molar refractivity (Wildman–Crippen MR) is 128 cm³/mol. The molecule has 2 aromatic carbocycles. The summed E-state index contributed by atoms with van der Waals surface area (Å²) in [6.07, 6.45) is -15.1. The lowest BCUT2D eigenvalue weighted by Gasteiger charge is -2.19. The van der Waals surface area contributed by atoms with Gasteiger partial charge in [-0.25, -0.2) is 4.39 Å².